The van der Waals surface area contributed by atoms with Gasteiger partial charge in [0.2, 0.25) is 25.9 Å². The van der Waals surface area contributed by atoms with Crippen LogP contribution in [0.4, 0.5) is 5.69 Å². The van der Waals surface area contributed by atoms with Gasteiger partial charge in [-0.3, -0.25) is 0 Å². The number of aliphatic hydroxyl groups excluding tert-OH is 1. The number of likely N-dealkylation sites (N-methyl/N-ethyl adjacent to an activating group) is 1. The van der Waals surface area contributed by atoms with Crippen molar-refractivity contribution < 1.29 is 36.2 Å². The molecular formula is C26H37N5O8S2. The van der Waals surface area contributed by atoms with Crippen LogP contribution in [0.15, 0.2) is 46.3 Å². The van der Waals surface area contributed by atoms with Crippen molar-refractivity contribution in [1.82, 2.24) is 19.3 Å². The third kappa shape index (κ3) is 6.61. The molecule has 2 saturated heterocycles. The summed E-state index contributed by atoms with van der Waals surface area (Å²) in [6.07, 6.45) is 2.39. The Morgan fingerprint density at radius 1 is 1.17 bits per heavy atom. The van der Waals surface area contributed by atoms with E-state index in [1.165, 1.54) is 29.7 Å². The summed E-state index contributed by atoms with van der Waals surface area (Å²) in [5, 5.41) is 13.7. The van der Waals surface area contributed by atoms with Gasteiger partial charge in [0.1, 0.15) is 35.7 Å². The molecule has 2 fully saturated rings. The number of piperidine rings is 1. The highest BCUT2D eigenvalue weighted by molar-refractivity contribution is 7.89. The number of ether oxygens (including phenoxy) is 3. The van der Waals surface area contributed by atoms with Gasteiger partial charge in [0, 0.05) is 38.8 Å². The van der Waals surface area contributed by atoms with Gasteiger partial charge in [0.25, 0.3) is 0 Å². The molecule has 2 aromatic rings. The number of hydrogen-bond donors (Lipinski definition) is 3. The number of sulfonamides is 2. The lowest BCUT2D eigenvalue weighted by Crippen LogP contribution is -2.47. The van der Waals surface area contributed by atoms with E-state index in [0.29, 0.717) is 69.4 Å². The van der Waals surface area contributed by atoms with Gasteiger partial charge in [-0.25, -0.2) is 26.5 Å². The smallest absolute Gasteiger partial charge is 0.244 e. The maximum absolute atomic E-state index is 13.4. The Morgan fingerprint density at radius 3 is 2.71 bits per heavy atom. The first-order valence-corrected chi connectivity index (χ1v) is 16.5. The van der Waals surface area contributed by atoms with E-state index in [2.05, 4.69) is 15.0 Å². The van der Waals surface area contributed by atoms with Crippen molar-refractivity contribution in [2.24, 2.45) is 0 Å². The van der Waals surface area contributed by atoms with E-state index in [4.69, 9.17) is 14.2 Å². The van der Waals surface area contributed by atoms with E-state index in [9.17, 15) is 21.9 Å². The van der Waals surface area contributed by atoms with Crippen molar-refractivity contribution in [3.05, 3.63) is 36.5 Å². The molecule has 0 aliphatic carbocycles. The molecule has 0 amide bonds. The number of nitrogens with zero attached hydrogens (tertiary/aromatic N) is 3. The maximum atomic E-state index is 13.4. The van der Waals surface area contributed by atoms with E-state index in [1.54, 1.807) is 18.2 Å². The largest absolute Gasteiger partial charge is 0.491 e. The highest BCUT2D eigenvalue weighted by Gasteiger charge is 2.45. The van der Waals surface area contributed by atoms with Crippen molar-refractivity contribution in [2.45, 2.75) is 46.8 Å². The third-order valence-corrected chi connectivity index (χ3v) is 11.1. The summed E-state index contributed by atoms with van der Waals surface area (Å²) in [6.45, 7) is 2.58. The minimum Gasteiger partial charge on any atom is -0.491 e. The van der Waals surface area contributed by atoms with Crippen LogP contribution < -0.4 is 24.4 Å². The SMILES string of the molecule is CNS(=O)(=O)c1cccc(OCC(O)CN[C@@H]2COC3(CCN(S(=O)(=O)c4cnc5c(c4)N(C)CCO5)CC3)C2)c1. The Labute approximate surface area is 240 Å². The minimum absolute atomic E-state index is 0.0114. The van der Waals surface area contributed by atoms with E-state index in [0.717, 1.165) is 0 Å². The molecule has 226 valence electrons. The van der Waals surface area contributed by atoms with Gasteiger partial charge in [-0.15, -0.1) is 0 Å². The second-order valence-corrected chi connectivity index (χ2v) is 14.4. The van der Waals surface area contributed by atoms with Crippen molar-refractivity contribution in [3.63, 3.8) is 0 Å². The zero-order valence-electron chi connectivity index (χ0n) is 23.2. The maximum Gasteiger partial charge on any atom is 0.244 e. The average molecular weight is 612 g/mol. The van der Waals surface area contributed by atoms with Gasteiger partial charge < -0.3 is 29.5 Å². The van der Waals surface area contributed by atoms with Crippen molar-refractivity contribution >= 4 is 25.7 Å². The Kier molecular flexibility index (Phi) is 8.76. The number of rotatable bonds is 10. The highest BCUT2D eigenvalue weighted by Crippen LogP contribution is 2.38. The molecule has 41 heavy (non-hydrogen) atoms. The van der Waals surface area contributed by atoms with Gasteiger partial charge in [-0.1, -0.05) is 6.07 Å². The Bertz CT molecular complexity index is 1450. The summed E-state index contributed by atoms with van der Waals surface area (Å²) in [5.74, 6) is 0.788. The van der Waals surface area contributed by atoms with E-state index in [1.807, 2.05) is 11.9 Å². The molecule has 1 unspecified atom stereocenters. The first kappa shape index (κ1) is 29.9. The number of fused-ring (bicyclic) bond motifs is 1. The molecule has 3 N–H and O–H groups in total. The molecule has 3 aliphatic rings. The topological polar surface area (TPSA) is 160 Å². The van der Waals surface area contributed by atoms with Gasteiger partial charge in [0.05, 0.1) is 29.8 Å². The minimum atomic E-state index is -3.71. The fourth-order valence-corrected chi connectivity index (χ4v) is 7.53. The second kappa shape index (κ2) is 12.0. The first-order valence-electron chi connectivity index (χ1n) is 13.6. The molecule has 4 heterocycles. The number of aliphatic hydroxyl groups is 1. The van der Waals surface area contributed by atoms with E-state index < -0.39 is 31.8 Å². The van der Waals surface area contributed by atoms with Crippen LogP contribution in [0.5, 0.6) is 11.6 Å². The van der Waals surface area contributed by atoms with Crippen molar-refractivity contribution in [2.75, 3.05) is 65.0 Å². The summed E-state index contributed by atoms with van der Waals surface area (Å²) in [5.41, 5.74) is 0.258. The Balaban J connectivity index is 1.09. The third-order valence-electron chi connectivity index (χ3n) is 7.83. The number of pyridine rings is 1. The summed E-state index contributed by atoms with van der Waals surface area (Å²) in [4.78, 5) is 6.41. The van der Waals surface area contributed by atoms with Crippen LogP contribution in [0.1, 0.15) is 19.3 Å². The number of anilines is 1. The zero-order chi connectivity index (χ0) is 29.3. The van der Waals surface area contributed by atoms with E-state index >= 15 is 0 Å². The van der Waals surface area contributed by atoms with Crippen LogP contribution in [-0.2, 0) is 24.8 Å². The molecule has 1 aromatic heterocycles. The fourth-order valence-electron chi connectivity index (χ4n) is 5.36. The van der Waals surface area contributed by atoms with Crippen LogP contribution in [0.3, 0.4) is 0 Å². The average Bonchev–Trinajstić information content (AvgIpc) is 3.37. The molecule has 0 bridgehead atoms. The summed E-state index contributed by atoms with van der Waals surface area (Å²) >= 11 is 0. The van der Waals surface area contributed by atoms with Crippen LogP contribution >= 0.6 is 0 Å². The monoisotopic (exact) mass is 611 g/mol. The lowest BCUT2D eigenvalue weighted by molar-refractivity contribution is -0.0312. The quantitative estimate of drug-likeness (QED) is 0.336. The molecule has 15 heteroatoms. The fraction of sp³-hybridized carbons (Fsp3) is 0.577. The van der Waals surface area contributed by atoms with Gasteiger partial charge in [-0.05, 0) is 44.5 Å². The number of hydrogen-bond acceptors (Lipinski definition) is 11. The summed E-state index contributed by atoms with van der Waals surface area (Å²) in [7, 11) is -4.08. The molecular weight excluding hydrogens is 574 g/mol. The highest BCUT2D eigenvalue weighted by atomic mass is 32.2. The molecule has 0 radical (unpaired) electrons. The Morgan fingerprint density at radius 2 is 1.95 bits per heavy atom. The van der Waals surface area contributed by atoms with Gasteiger partial charge >= 0.3 is 0 Å². The molecule has 1 aromatic carbocycles. The molecule has 1 spiro atoms. The lowest BCUT2D eigenvalue weighted by atomic mass is 9.88. The summed E-state index contributed by atoms with van der Waals surface area (Å²) in [6, 6.07) is 7.72. The molecule has 2 atom stereocenters. The predicted molar refractivity (Wildman–Crippen MR) is 150 cm³/mol. The van der Waals surface area contributed by atoms with Crippen LogP contribution in [-0.4, -0.2) is 109 Å². The lowest BCUT2D eigenvalue weighted by Gasteiger charge is -2.38. The number of nitrogens with one attached hydrogen (secondary N) is 2. The standard InChI is InChI=1S/C26H37N5O8S2/c1-27-40(33,34)22-5-3-4-21(12-22)38-18-20(32)15-28-19-14-26(39-17-19)6-8-31(9-7-26)41(35,36)23-13-24-25(29-16-23)37-11-10-30(24)2/h3-5,12-13,16,19-20,27-28,32H,6-11,14-15,17-18H2,1-2H3/t19-,20?/m0/s1. The summed E-state index contributed by atoms with van der Waals surface area (Å²) < 4.78 is 71.8. The van der Waals surface area contributed by atoms with Crippen LogP contribution in [0.2, 0.25) is 0 Å². The second-order valence-electron chi connectivity index (χ2n) is 10.6. The first-order chi connectivity index (χ1) is 19.5. The molecule has 3 aliphatic heterocycles. The molecule has 13 nitrogen and oxygen atoms in total. The Hall–Kier alpha value is -2.53. The van der Waals surface area contributed by atoms with Gasteiger partial charge in [-0.2, -0.15) is 4.31 Å². The zero-order valence-corrected chi connectivity index (χ0v) is 24.8. The molecule has 0 saturated carbocycles. The predicted octanol–water partition coefficient (Wildman–Crippen LogP) is 0.160. The van der Waals surface area contributed by atoms with E-state index in [-0.39, 0.29) is 29.0 Å². The van der Waals surface area contributed by atoms with Crippen molar-refractivity contribution in [1.29, 1.82) is 0 Å². The van der Waals surface area contributed by atoms with Crippen molar-refractivity contribution in [3.8, 4) is 11.6 Å². The van der Waals surface area contributed by atoms with Gasteiger partial charge in [0.15, 0.2) is 0 Å². The normalized spacial score (nSPS) is 21.8. The van der Waals surface area contributed by atoms with Crippen LogP contribution in [0, 0.1) is 0 Å². The number of benzene rings is 1. The molecule has 5 rings (SSSR count). The number of aromatic nitrogens is 1. The van der Waals surface area contributed by atoms with Crippen LogP contribution in [0.25, 0.3) is 0 Å².